The Hall–Kier alpha value is -1.60. The standard InChI is InChI=1S/C11H15F3N4O/c1-6-15-10(18-17-6)16-9(19)7-4-2-3-5-8(7)11(12,13)14/h7-8H,2-5H2,1H3,(H2,15,16,17,18,19). The van der Waals surface area contributed by atoms with Gasteiger partial charge in [-0.25, -0.2) is 0 Å². The number of nitrogens with zero attached hydrogens (tertiary/aromatic N) is 2. The number of rotatable bonds is 2. The number of anilines is 1. The predicted molar refractivity (Wildman–Crippen MR) is 61.3 cm³/mol. The minimum atomic E-state index is -4.34. The lowest BCUT2D eigenvalue weighted by Crippen LogP contribution is -2.39. The first-order valence-electron chi connectivity index (χ1n) is 6.14. The zero-order valence-corrected chi connectivity index (χ0v) is 10.4. The van der Waals surface area contributed by atoms with Gasteiger partial charge in [-0.15, -0.1) is 5.10 Å². The first-order chi connectivity index (χ1) is 8.88. The summed E-state index contributed by atoms with van der Waals surface area (Å²) in [7, 11) is 0. The SMILES string of the molecule is Cc1nc(NC(=O)C2CCCCC2C(F)(F)F)n[nH]1. The molecule has 1 saturated carbocycles. The molecule has 0 saturated heterocycles. The van der Waals surface area contributed by atoms with Crippen LogP contribution in [0.4, 0.5) is 19.1 Å². The van der Waals surface area contributed by atoms with E-state index in [0.717, 1.165) is 0 Å². The van der Waals surface area contributed by atoms with Gasteiger partial charge in [-0.2, -0.15) is 18.2 Å². The highest BCUT2D eigenvalue weighted by Crippen LogP contribution is 2.41. The third kappa shape index (κ3) is 3.24. The van der Waals surface area contributed by atoms with Crippen molar-refractivity contribution in [2.45, 2.75) is 38.8 Å². The third-order valence-corrected chi connectivity index (χ3v) is 3.36. The van der Waals surface area contributed by atoms with E-state index in [-0.39, 0.29) is 18.8 Å². The maximum Gasteiger partial charge on any atom is 0.392 e. The number of hydrogen-bond donors (Lipinski definition) is 2. The van der Waals surface area contributed by atoms with E-state index in [1.165, 1.54) is 0 Å². The molecule has 106 valence electrons. The lowest BCUT2D eigenvalue weighted by Gasteiger charge is -2.31. The Bertz CT molecular complexity index is 457. The lowest BCUT2D eigenvalue weighted by atomic mass is 9.78. The average molecular weight is 276 g/mol. The Morgan fingerprint density at radius 3 is 2.63 bits per heavy atom. The highest BCUT2D eigenvalue weighted by molar-refractivity contribution is 5.91. The Balaban J connectivity index is 2.07. The van der Waals surface area contributed by atoms with Crippen LogP contribution in [0.5, 0.6) is 0 Å². The van der Waals surface area contributed by atoms with Gasteiger partial charge >= 0.3 is 6.18 Å². The summed E-state index contributed by atoms with van der Waals surface area (Å²) in [6.45, 7) is 1.64. The van der Waals surface area contributed by atoms with E-state index >= 15 is 0 Å². The Kier molecular flexibility index (Phi) is 3.77. The van der Waals surface area contributed by atoms with Crippen molar-refractivity contribution in [1.29, 1.82) is 0 Å². The summed E-state index contributed by atoms with van der Waals surface area (Å²) < 4.78 is 38.6. The van der Waals surface area contributed by atoms with Crippen LogP contribution >= 0.6 is 0 Å². The molecule has 1 aliphatic rings. The van der Waals surface area contributed by atoms with Gasteiger partial charge in [-0.3, -0.25) is 15.2 Å². The molecule has 1 amide bonds. The molecule has 2 N–H and O–H groups in total. The topological polar surface area (TPSA) is 70.7 Å². The second kappa shape index (κ2) is 5.18. The van der Waals surface area contributed by atoms with Crippen LogP contribution in [0.1, 0.15) is 31.5 Å². The molecule has 2 unspecified atom stereocenters. The van der Waals surface area contributed by atoms with Gasteiger partial charge in [0, 0.05) is 5.92 Å². The van der Waals surface area contributed by atoms with Crippen LogP contribution in [-0.4, -0.2) is 27.3 Å². The second-order valence-corrected chi connectivity index (χ2v) is 4.77. The van der Waals surface area contributed by atoms with E-state index in [1.54, 1.807) is 6.92 Å². The molecule has 0 bridgehead atoms. The molecule has 2 rings (SSSR count). The van der Waals surface area contributed by atoms with Gasteiger partial charge in [0.1, 0.15) is 5.82 Å². The lowest BCUT2D eigenvalue weighted by molar-refractivity contribution is -0.197. The number of carbonyl (C=O) groups is 1. The van der Waals surface area contributed by atoms with Gasteiger partial charge < -0.3 is 0 Å². The number of halogens is 3. The number of hydrogen-bond acceptors (Lipinski definition) is 3. The summed E-state index contributed by atoms with van der Waals surface area (Å²) in [6, 6.07) is 0. The zero-order chi connectivity index (χ0) is 14.0. The summed E-state index contributed by atoms with van der Waals surface area (Å²) in [5, 5.41) is 8.55. The van der Waals surface area contributed by atoms with Crippen molar-refractivity contribution in [3.8, 4) is 0 Å². The Labute approximate surface area is 108 Å². The fraction of sp³-hybridized carbons (Fsp3) is 0.727. The fourth-order valence-electron chi connectivity index (χ4n) is 2.44. The van der Waals surface area contributed by atoms with Crippen molar-refractivity contribution in [2.24, 2.45) is 11.8 Å². The molecule has 2 atom stereocenters. The second-order valence-electron chi connectivity index (χ2n) is 4.77. The molecular weight excluding hydrogens is 261 g/mol. The highest BCUT2D eigenvalue weighted by Gasteiger charge is 2.48. The largest absolute Gasteiger partial charge is 0.392 e. The molecule has 0 aliphatic heterocycles. The molecule has 1 aromatic heterocycles. The van der Waals surface area contributed by atoms with Gasteiger partial charge in [0.2, 0.25) is 11.9 Å². The monoisotopic (exact) mass is 276 g/mol. The predicted octanol–water partition coefficient (Wildman–Crippen LogP) is 2.42. The molecule has 1 heterocycles. The first-order valence-corrected chi connectivity index (χ1v) is 6.14. The first kappa shape index (κ1) is 13.8. The van der Waals surface area contributed by atoms with Crippen LogP contribution in [-0.2, 0) is 4.79 Å². The fourth-order valence-corrected chi connectivity index (χ4v) is 2.44. The van der Waals surface area contributed by atoms with Crippen LogP contribution < -0.4 is 5.32 Å². The maximum absolute atomic E-state index is 12.9. The number of nitrogens with one attached hydrogen (secondary N) is 2. The summed E-state index contributed by atoms with van der Waals surface area (Å²) in [5.74, 6) is -2.75. The Morgan fingerprint density at radius 1 is 1.37 bits per heavy atom. The Morgan fingerprint density at radius 2 is 2.05 bits per heavy atom. The molecule has 5 nitrogen and oxygen atoms in total. The van der Waals surface area contributed by atoms with Crippen LogP contribution in [0.3, 0.4) is 0 Å². The van der Waals surface area contributed by atoms with E-state index in [0.29, 0.717) is 18.7 Å². The molecule has 8 heteroatoms. The molecule has 0 radical (unpaired) electrons. The van der Waals surface area contributed by atoms with Crippen LogP contribution in [0, 0.1) is 18.8 Å². The zero-order valence-electron chi connectivity index (χ0n) is 10.4. The van der Waals surface area contributed by atoms with Gasteiger partial charge in [0.05, 0.1) is 5.92 Å². The van der Waals surface area contributed by atoms with Crippen molar-refractivity contribution in [2.75, 3.05) is 5.32 Å². The number of aromatic nitrogens is 3. The molecule has 19 heavy (non-hydrogen) atoms. The minimum absolute atomic E-state index is 0.00854. The van der Waals surface area contributed by atoms with Crippen LogP contribution in [0.25, 0.3) is 0 Å². The third-order valence-electron chi connectivity index (χ3n) is 3.36. The normalized spacial score (nSPS) is 24.2. The summed E-state index contributed by atoms with van der Waals surface area (Å²) >= 11 is 0. The average Bonchev–Trinajstić information content (AvgIpc) is 2.73. The van der Waals surface area contributed by atoms with E-state index in [4.69, 9.17) is 0 Å². The number of carbonyl (C=O) groups excluding carboxylic acids is 1. The van der Waals surface area contributed by atoms with Gasteiger partial charge in [-0.1, -0.05) is 12.8 Å². The number of alkyl halides is 3. The molecule has 0 spiro atoms. The van der Waals surface area contributed by atoms with E-state index in [2.05, 4.69) is 20.5 Å². The van der Waals surface area contributed by atoms with Gasteiger partial charge in [0.15, 0.2) is 0 Å². The van der Waals surface area contributed by atoms with Crippen molar-refractivity contribution < 1.29 is 18.0 Å². The number of H-pyrrole nitrogens is 1. The molecule has 1 aliphatic carbocycles. The van der Waals surface area contributed by atoms with Crippen molar-refractivity contribution in [1.82, 2.24) is 15.2 Å². The maximum atomic E-state index is 12.9. The molecular formula is C11H15F3N4O. The summed E-state index contributed by atoms with van der Waals surface area (Å²) in [6.07, 6.45) is -2.93. The van der Waals surface area contributed by atoms with Crippen molar-refractivity contribution in [3.63, 3.8) is 0 Å². The van der Waals surface area contributed by atoms with Crippen molar-refractivity contribution >= 4 is 11.9 Å². The number of amides is 1. The molecule has 0 aromatic carbocycles. The van der Waals surface area contributed by atoms with Crippen LogP contribution in [0.15, 0.2) is 0 Å². The highest BCUT2D eigenvalue weighted by atomic mass is 19.4. The van der Waals surface area contributed by atoms with Gasteiger partial charge in [-0.05, 0) is 19.8 Å². The number of aromatic amines is 1. The number of aryl methyl sites for hydroxylation is 1. The van der Waals surface area contributed by atoms with Gasteiger partial charge in [0.25, 0.3) is 0 Å². The summed E-state index contributed by atoms with van der Waals surface area (Å²) in [5.41, 5.74) is 0. The summed E-state index contributed by atoms with van der Waals surface area (Å²) in [4.78, 5) is 15.8. The van der Waals surface area contributed by atoms with E-state index in [1.807, 2.05) is 0 Å². The molecule has 1 aromatic rings. The van der Waals surface area contributed by atoms with E-state index < -0.39 is 23.9 Å². The minimum Gasteiger partial charge on any atom is -0.293 e. The van der Waals surface area contributed by atoms with Crippen molar-refractivity contribution in [3.05, 3.63) is 5.82 Å². The quantitative estimate of drug-likeness (QED) is 0.871. The molecule has 1 fully saturated rings. The smallest absolute Gasteiger partial charge is 0.293 e. The van der Waals surface area contributed by atoms with E-state index in [9.17, 15) is 18.0 Å². The van der Waals surface area contributed by atoms with Crippen LogP contribution in [0.2, 0.25) is 0 Å².